The maximum absolute atomic E-state index is 13.1. The molecule has 2 aromatic carbocycles. The third kappa shape index (κ3) is 7.90. The number of nitrogens with zero attached hydrogens (tertiary/aromatic N) is 4. The number of nitrogens with one attached hydrogen (secondary N) is 4. The third-order valence-electron chi connectivity index (χ3n) is 11.3. The first-order chi connectivity index (χ1) is 30.5. The number of ether oxygens (including phenoxy) is 2. The van der Waals surface area contributed by atoms with Gasteiger partial charge in [-0.2, -0.15) is 0 Å². The maximum Gasteiger partial charge on any atom is 0.322 e. The van der Waals surface area contributed by atoms with Crippen molar-refractivity contribution in [2.45, 2.75) is 49.1 Å². The summed E-state index contributed by atoms with van der Waals surface area (Å²) >= 11 is 1.48. The minimum Gasteiger partial charge on any atom is -0.497 e. The molecule has 4 aliphatic rings. The van der Waals surface area contributed by atoms with Crippen molar-refractivity contribution in [2.24, 2.45) is 0 Å². The molecule has 4 N–H and O–H groups in total. The molecule has 0 bridgehead atoms. The molecule has 20 nitrogen and oxygen atoms in total. The lowest BCUT2D eigenvalue weighted by Gasteiger charge is -2.28. The number of thioether (sulfide) groups is 1. The largest absolute Gasteiger partial charge is 0.497 e. The summed E-state index contributed by atoms with van der Waals surface area (Å²) in [5.41, 5.74) is 0.732. The van der Waals surface area contributed by atoms with Gasteiger partial charge in [-0.25, -0.2) is 28.0 Å². The van der Waals surface area contributed by atoms with Crippen molar-refractivity contribution in [1.82, 2.24) is 41.0 Å². The van der Waals surface area contributed by atoms with Crippen molar-refractivity contribution >= 4 is 79.5 Å². The summed E-state index contributed by atoms with van der Waals surface area (Å²) in [5, 5.41) is 10.4. The molecule has 4 aromatic heterocycles. The fourth-order valence-corrected chi connectivity index (χ4v) is 9.00. The molecule has 2 fully saturated rings. The Bertz CT molecular complexity index is 3130. The Balaban J connectivity index is 0.000000191. The summed E-state index contributed by atoms with van der Waals surface area (Å²) < 4.78 is 45.8. The molecule has 22 heteroatoms. The fourth-order valence-electron chi connectivity index (χ4n) is 8.02. The number of amides is 8. The van der Waals surface area contributed by atoms with Gasteiger partial charge in [0.2, 0.25) is 0 Å². The zero-order valence-corrected chi connectivity index (χ0v) is 35.9. The molecule has 0 aliphatic carbocycles. The van der Waals surface area contributed by atoms with Crippen LogP contribution < -0.4 is 30.7 Å². The lowest BCUT2D eigenvalue weighted by molar-refractivity contribution is -0.126. The van der Waals surface area contributed by atoms with Crippen LogP contribution in [0.3, 0.4) is 0 Å². The first-order valence-corrected chi connectivity index (χ1v) is 22.4. The summed E-state index contributed by atoms with van der Waals surface area (Å²) in [4.78, 5) is 87.7. The summed E-state index contributed by atoms with van der Waals surface area (Å²) in [6, 6.07) is 18.3. The normalized spacial score (nSPS) is 19.6. The number of benzene rings is 2. The van der Waals surface area contributed by atoms with Crippen molar-refractivity contribution in [1.29, 1.82) is 0 Å². The summed E-state index contributed by atoms with van der Waals surface area (Å²) in [5.74, 6) is -0.511. The van der Waals surface area contributed by atoms with Gasteiger partial charge in [0, 0.05) is 42.6 Å². The van der Waals surface area contributed by atoms with Crippen LogP contribution in [0.25, 0.3) is 22.2 Å². The van der Waals surface area contributed by atoms with E-state index in [2.05, 4.69) is 31.2 Å². The Kier molecular flexibility index (Phi) is 12.1. The van der Waals surface area contributed by atoms with Crippen molar-refractivity contribution in [3.63, 3.8) is 0 Å². The average molecular weight is 941 g/mol. The van der Waals surface area contributed by atoms with Crippen LogP contribution in [0.15, 0.2) is 91.7 Å². The second kappa shape index (κ2) is 17.2. The number of furan rings is 2. The quantitative estimate of drug-likeness (QED) is 0.109. The molecule has 8 amide bonds. The Morgan fingerprint density at radius 3 is 1.53 bits per heavy atom. The van der Waals surface area contributed by atoms with E-state index < -0.39 is 44.8 Å². The highest BCUT2D eigenvalue weighted by molar-refractivity contribution is 7.98. The fraction of sp³-hybridized carbons (Fsp3) is 0.273. The molecule has 344 valence electrons. The number of hydrogen-bond acceptors (Lipinski definition) is 15. The Morgan fingerprint density at radius 2 is 1.12 bits per heavy atom. The predicted molar refractivity (Wildman–Crippen MR) is 239 cm³/mol. The van der Waals surface area contributed by atoms with E-state index in [1.165, 1.54) is 54.0 Å². The molecule has 0 saturated carbocycles. The van der Waals surface area contributed by atoms with Gasteiger partial charge in [0.05, 0.1) is 32.3 Å². The van der Waals surface area contributed by atoms with Gasteiger partial charge in [-0.3, -0.25) is 29.8 Å². The first-order valence-electron chi connectivity index (χ1n) is 19.3. The number of imide groups is 2. The van der Waals surface area contributed by atoms with Gasteiger partial charge < -0.3 is 38.7 Å². The maximum atomic E-state index is 13.1. The summed E-state index contributed by atoms with van der Waals surface area (Å²) in [7, 11) is -0.537. The van der Waals surface area contributed by atoms with E-state index in [0.717, 1.165) is 22.4 Å². The number of aromatic nitrogens is 2. The van der Waals surface area contributed by atoms with Gasteiger partial charge in [-0.15, -0.1) is 11.8 Å². The molecule has 4 aliphatic heterocycles. The van der Waals surface area contributed by atoms with Gasteiger partial charge in [0.25, 0.3) is 23.6 Å². The van der Waals surface area contributed by atoms with Crippen LogP contribution in [0.5, 0.6) is 11.5 Å². The van der Waals surface area contributed by atoms with Crippen LogP contribution in [-0.4, -0.2) is 104 Å². The van der Waals surface area contributed by atoms with Crippen LogP contribution in [0.2, 0.25) is 0 Å². The second-order valence-electron chi connectivity index (χ2n) is 15.3. The van der Waals surface area contributed by atoms with Crippen LogP contribution in [0.1, 0.15) is 58.2 Å². The minimum absolute atomic E-state index is 0. The summed E-state index contributed by atoms with van der Waals surface area (Å²) in [6.07, 6.45) is 2.94. The first kappa shape index (κ1) is 46.5. The highest BCUT2D eigenvalue weighted by Crippen LogP contribution is 2.37. The molecule has 8 heterocycles. The number of carbonyl (C=O) groups excluding carboxylic acids is 6. The number of rotatable bonds is 10. The van der Waals surface area contributed by atoms with Crippen LogP contribution in [0, 0.1) is 0 Å². The van der Waals surface area contributed by atoms with E-state index in [1.807, 2.05) is 18.4 Å². The SMILES string of the molecule is C.C.COc1ccc2c(c1)C(=O)N(C[C@@]1(c3cc4nc(S(C)(=O)=O)ccc4o3)NC(=O)NC1=O)C2.COc1ccc2c(c1)C(=O)N(C[C@@]1(c3cc4nc(SC)ccc4o3)NC(=O)NC1=O)C2. The van der Waals surface area contributed by atoms with Crippen molar-refractivity contribution in [3.8, 4) is 11.5 Å². The van der Waals surface area contributed by atoms with Gasteiger partial charge in [0.15, 0.2) is 37.1 Å². The highest BCUT2D eigenvalue weighted by atomic mass is 32.2. The van der Waals surface area contributed by atoms with Crippen molar-refractivity contribution in [2.75, 3.05) is 39.8 Å². The summed E-state index contributed by atoms with van der Waals surface area (Å²) in [6.45, 7) is 0.229. The minimum atomic E-state index is -3.57. The van der Waals surface area contributed by atoms with Crippen LogP contribution in [0.4, 0.5) is 9.59 Å². The third-order valence-corrected chi connectivity index (χ3v) is 12.9. The van der Waals surface area contributed by atoms with Crippen LogP contribution in [-0.2, 0) is 43.6 Å². The molecule has 66 heavy (non-hydrogen) atoms. The van der Waals surface area contributed by atoms with E-state index in [-0.39, 0.29) is 73.9 Å². The molecule has 6 aromatic rings. The topological polar surface area (TPSA) is 262 Å². The number of urea groups is 2. The Labute approximate surface area is 381 Å². The number of carbonyl (C=O) groups is 6. The Morgan fingerprint density at radius 1 is 0.667 bits per heavy atom. The van der Waals surface area contributed by atoms with Crippen LogP contribution >= 0.6 is 11.8 Å². The molecule has 0 unspecified atom stereocenters. The van der Waals surface area contributed by atoms with Gasteiger partial charge in [-0.1, -0.05) is 27.0 Å². The standard InChI is InChI=1S/C21H18N4O7S.C21H18N4O5S.2CH4/c1-31-12-4-3-11-9-25(18(26)13(11)7-12)10-21(19(27)23-20(28)24-21)16-8-14-15(32-16)5-6-17(22-14)33(2,29)30;1-29-12-4-3-11-9-25(18(26)13(11)7-12)10-21(19(27)23-20(28)24-21)16-8-14-15(30-16)5-6-17(22-14)31-2;;/h3-8H,9-10H2,1-2H3,(H2,23,24,27,28);3-8H,9-10H2,1-2H3,(H2,23,24,27,28);2*1H4/t2*21-;;/m00../s1. The monoisotopic (exact) mass is 940 g/mol. The zero-order chi connectivity index (χ0) is 45.3. The van der Waals surface area contributed by atoms with Crippen molar-refractivity contribution < 1.29 is 55.5 Å². The molecule has 2 atom stereocenters. The van der Waals surface area contributed by atoms with E-state index in [4.69, 9.17) is 18.3 Å². The van der Waals surface area contributed by atoms with E-state index >= 15 is 0 Å². The molecular formula is C44H44N8O12S2. The Hall–Kier alpha value is -7.46. The average Bonchev–Trinajstić information content (AvgIpc) is 4.12. The molecular weight excluding hydrogens is 897 g/mol. The smallest absolute Gasteiger partial charge is 0.322 e. The molecule has 10 rings (SSSR count). The van der Waals surface area contributed by atoms with E-state index in [1.54, 1.807) is 42.5 Å². The van der Waals surface area contributed by atoms with Gasteiger partial charge in [-0.05, 0) is 65.9 Å². The van der Waals surface area contributed by atoms with Gasteiger partial charge >= 0.3 is 12.1 Å². The molecule has 0 spiro atoms. The number of pyridine rings is 2. The van der Waals surface area contributed by atoms with E-state index in [0.29, 0.717) is 40.3 Å². The highest BCUT2D eigenvalue weighted by Gasteiger charge is 2.54. The van der Waals surface area contributed by atoms with E-state index in [9.17, 15) is 37.2 Å². The zero-order valence-electron chi connectivity index (χ0n) is 34.3. The predicted octanol–water partition coefficient (Wildman–Crippen LogP) is 4.45. The number of methoxy groups -OCH3 is 2. The number of fused-ring (bicyclic) bond motifs is 4. The molecule has 2 saturated heterocycles. The number of hydrogen-bond donors (Lipinski definition) is 4. The second-order valence-corrected chi connectivity index (χ2v) is 18.0. The number of sulfone groups is 1. The van der Waals surface area contributed by atoms with Crippen molar-refractivity contribution in [3.05, 3.63) is 107 Å². The lowest BCUT2D eigenvalue weighted by atomic mass is 9.95. The lowest BCUT2D eigenvalue weighted by Crippen LogP contribution is -2.52. The van der Waals surface area contributed by atoms with Gasteiger partial charge in [0.1, 0.15) is 34.1 Å². The molecule has 0 radical (unpaired) electrons.